The average Bonchev–Trinajstić information content (AvgIpc) is 2.62. The lowest BCUT2D eigenvalue weighted by Crippen LogP contribution is -2.44. The molecule has 0 aliphatic carbocycles. The Morgan fingerprint density at radius 2 is 1.81 bits per heavy atom. The van der Waals surface area contributed by atoms with E-state index < -0.39 is 6.36 Å². The van der Waals surface area contributed by atoms with Crippen LogP contribution in [0.5, 0.6) is 5.75 Å². The number of halogens is 3. The lowest BCUT2D eigenvalue weighted by molar-refractivity contribution is -0.274. The summed E-state index contributed by atoms with van der Waals surface area (Å²) in [6.07, 6.45) is -2.19. The number of carbonyl (C=O) groups excluding carboxylic acids is 1. The van der Waals surface area contributed by atoms with Gasteiger partial charge in [-0.25, -0.2) is 4.98 Å². The summed E-state index contributed by atoms with van der Waals surface area (Å²) in [4.78, 5) is 18.2. The molecule has 1 aliphatic rings. The number of rotatable bonds is 4. The van der Waals surface area contributed by atoms with E-state index in [1.165, 1.54) is 12.1 Å². The number of benzene rings is 1. The zero-order valence-corrected chi connectivity index (χ0v) is 13.9. The number of nitrogens with zero attached hydrogens (tertiary/aromatic N) is 2. The molecule has 0 bridgehead atoms. The van der Waals surface area contributed by atoms with Crippen LogP contribution in [0.15, 0.2) is 48.7 Å². The maximum absolute atomic E-state index is 12.2. The molecule has 2 aromatic rings. The Kier molecular flexibility index (Phi) is 5.29. The van der Waals surface area contributed by atoms with Crippen molar-refractivity contribution in [3.63, 3.8) is 0 Å². The van der Waals surface area contributed by atoms with Gasteiger partial charge in [-0.2, -0.15) is 0 Å². The Labute approximate surface area is 148 Å². The van der Waals surface area contributed by atoms with Crippen LogP contribution in [0.1, 0.15) is 23.2 Å². The SMILES string of the molecule is O=C(NC1CCN(c2ccc(OC(F)(F)F)cn2)CC1)c1ccccc1. The van der Waals surface area contributed by atoms with Gasteiger partial charge in [-0.15, -0.1) is 13.2 Å². The normalized spacial score (nSPS) is 15.6. The number of aromatic nitrogens is 1. The number of alkyl halides is 3. The summed E-state index contributed by atoms with van der Waals surface area (Å²) >= 11 is 0. The zero-order chi connectivity index (χ0) is 18.6. The fourth-order valence-corrected chi connectivity index (χ4v) is 2.86. The predicted molar refractivity (Wildman–Crippen MR) is 90.1 cm³/mol. The number of hydrogen-bond donors (Lipinski definition) is 1. The lowest BCUT2D eigenvalue weighted by atomic mass is 10.0. The van der Waals surface area contributed by atoms with Crippen molar-refractivity contribution in [1.82, 2.24) is 10.3 Å². The Hall–Kier alpha value is -2.77. The summed E-state index contributed by atoms with van der Waals surface area (Å²) in [5.74, 6) is 0.148. The molecule has 1 N–H and O–H groups in total. The summed E-state index contributed by atoms with van der Waals surface area (Å²) in [5.41, 5.74) is 0.622. The monoisotopic (exact) mass is 365 g/mol. The minimum absolute atomic E-state index is 0.0618. The van der Waals surface area contributed by atoms with Gasteiger partial charge in [0, 0.05) is 24.7 Å². The molecule has 8 heteroatoms. The maximum Gasteiger partial charge on any atom is 0.573 e. The van der Waals surface area contributed by atoms with Crippen molar-refractivity contribution < 1.29 is 22.7 Å². The van der Waals surface area contributed by atoms with Crippen molar-refractivity contribution in [1.29, 1.82) is 0 Å². The van der Waals surface area contributed by atoms with Gasteiger partial charge in [0.25, 0.3) is 5.91 Å². The number of nitrogens with one attached hydrogen (secondary N) is 1. The minimum atomic E-state index is -4.72. The van der Waals surface area contributed by atoms with E-state index in [0.29, 0.717) is 24.5 Å². The smallest absolute Gasteiger partial charge is 0.404 e. The fraction of sp³-hybridized carbons (Fsp3) is 0.333. The number of pyridine rings is 1. The highest BCUT2D eigenvalue weighted by molar-refractivity contribution is 5.94. The molecule has 2 heterocycles. The number of ether oxygens (including phenoxy) is 1. The lowest BCUT2D eigenvalue weighted by Gasteiger charge is -2.33. The molecule has 138 valence electrons. The van der Waals surface area contributed by atoms with E-state index in [9.17, 15) is 18.0 Å². The second-order valence-corrected chi connectivity index (χ2v) is 6.00. The standard InChI is InChI=1S/C18H18F3N3O2/c19-18(20,21)26-15-6-7-16(22-12-15)24-10-8-14(9-11-24)23-17(25)13-4-2-1-3-5-13/h1-7,12,14H,8-11H2,(H,23,25). The van der Waals surface area contributed by atoms with Crippen molar-refractivity contribution in [2.24, 2.45) is 0 Å². The van der Waals surface area contributed by atoms with Crippen LogP contribution in [0, 0.1) is 0 Å². The first-order valence-corrected chi connectivity index (χ1v) is 8.23. The average molecular weight is 365 g/mol. The summed E-state index contributed by atoms with van der Waals surface area (Å²) in [7, 11) is 0. The van der Waals surface area contributed by atoms with Crippen molar-refractivity contribution in [3.05, 3.63) is 54.2 Å². The van der Waals surface area contributed by atoms with E-state index in [1.807, 2.05) is 23.1 Å². The molecule has 26 heavy (non-hydrogen) atoms. The molecule has 1 saturated heterocycles. The van der Waals surface area contributed by atoms with Crippen molar-refractivity contribution in [2.75, 3.05) is 18.0 Å². The van der Waals surface area contributed by atoms with E-state index >= 15 is 0 Å². The highest BCUT2D eigenvalue weighted by Gasteiger charge is 2.31. The third-order valence-corrected chi connectivity index (χ3v) is 4.14. The summed E-state index contributed by atoms with van der Waals surface area (Å²) in [5, 5.41) is 3.01. The molecular weight excluding hydrogens is 347 g/mol. The molecule has 0 spiro atoms. The van der Waals surface area contributed by atoms with Gasteiger partial charge in [0.2, 0.25) is 0 Å². The van der Waals surface area contributed by atoms with Gasteiger partial charge in [-0.1, -0.05) is 18.2 Å². The largest absolute Gasteiger partial charge is 0.573 e. The number of amides is 1. The first-order valence-electron chi connectivity index (χ1n) is 8.23. The van der Waals surface area contributed by atoms with E-state index in [1.54, 1.807) is 12.1 Å². The first-order chi connectivity index (χ1) is 12.4. The molecule has 1 aromatic heterocycles. The number of carbonyl (C=O) groups is 1. The van der Waals surface area contributed by atoms with Gasteiger partial charge in [0.15, 0.2) is 0 Å². The van der Waals surface area contributed by atoms with E-state index in [-0.39, 0.29) is 17.7 Å². The molecule has 5 nitrogen and oxygen atoms in total. The molecule has 1 aliphatic heterocycles. The topological polar surface area (TPSA) is 54.5 Å². The molecule has 0 radical (unpaired) electrons. The number of piperidine rings is 1. The highest BCUT2D eigenvalue weighted by atomic mass is 19.4. The maximum atomic E-state index is 12.2. The molecule has 0 saturated carbocycles. The second kappa shape index (κ2) is 7.63. The quantitative estimate of drug-likeness (QED) is 0.903. The highest BCUT2D eigenvalue weighted by Crippen LogP contribution is 2.24. The number of anilines is 1. The van der Waals surface area contributed by atoms with Gasteiger partial charge in [-0.3, -0.25) is 4.79 Å². The summed E-state index contributed by atoms with van der Waals surface area (Å²) in [6.45, 7) is 1.32. The fourth-order valence-electron chi connectivity index (χ4n) is 2.86. The van der Waals surface area contributed by atoms with E-state index in [0.717, 1.165) is 19.0 Å². The zero-order valence-electron chi connectivity index (χ0n) is 13.9. The van der Waals surface area contributed by atoms with Crippen LogP contribution in [-0.4, -0.2) is 36.4 Å². The molecule has 1 fully saturated rings. The van der Waals surface area contributed by atoms with Gasteiger partial charge in [0.1, 0.15) is 11.6 Å². The van der Waals surface area contributed by atoms with Crippen molar-refractivity contribution in [2.45, 2.75) is 25.2 Å². The predicted octanol–water partition coefficient (Wildman–Crippen LogP) is 3.38. The van der Waals surface area contributed by atoms with Crippen LogP contribution in [-0.2, 0) is 0 Å². The van der Waals surface area contributed by atoms with Crippen LogP contribution in [0.4, 0.5) is 19.0 Å². The third kappa shape index (κ3) is 4.87. The van der Waals surface area contributed by atoms with E-state index in [2.05, 4.69) is 15.0 Å². The van der Waals surface area contributed by atoms with Crippen LogP contribution in [0.2, 0.25) is 0 Å². The summed E-state index contributed by atoms with van der Waals surface area (Å²) in [6, 6.07) is 11.8. The van der Waals surface area contributed by atoms with Crippen molar-refractivity contribution >= 4 is 11.7 Å². The van der Waals surface area contributed by atoms with Gasteiger partial charge in [0.05, 0.1) is 6.20 Å². The van der Waals surface area contributed by atoms with E-state index in [4.69, 9.17) is 0 Å². The Morgan fingerprint density at radius 3 is 2.38 bits per heavy atom. The molecule has 1 amide bonds. The van der Waals surface area contributed by atoms with Gasteiger partial charge in [-0.05, 0) is 37.1 Å². The van der Waals surface area contributed by atoms with Crippen LogP contribution in [0.3, 0.4) is 0 Å². The molecule has 3 rings (SSSR count). The van der Waals surface area contributed by atoms with Gasteiger partial charge >= 0.3 is 6.36 Å². The Bertz CT molecular complexity index is 728. The molecule has 0 atom stereocenters. The molecular formula is C18H18F3N3O2. The second-order valence-electron chi connectivity index (χ2n) is 6.00. The first kappa shape index (κ1) is 18.0. The third-order valence-electron chi connectivity index (χ3n) is 4.14. The van der Waals surface area contributed by atoms with Crippen LogP contribution < -0.4 is 15.0 Å². The van der Waals surface area contributed by atoms with Crippen molar-refractivity contribution in [3.8, 4) is 5.75 Å². The molecule has 0 unspecified atom stereocenters. The van der Waals surface area contributed by atoms with Gasteiger partial charge < -0.3 is 15.0 Å². The molecule has 1 aromatic carbocycles. The van der Waals surface area contributed by atoms with Crippen LogP contribution >= 0.6 is 0 Å². The number of hydrogen-bond acceptors (Lipinski definition) is 4. The Morgan fingerprint density at radius 1 is 1.12 bits per heavy atom. The summed E-state index contributed by atoms with van der Waals surface area (Å²) < 4.78 is 40.3. The minimum Gasteiger partial charge on any atom is -0.404 e. The Balaban J connectivity index is 1.51. The van der Waals surface area contributed by atoms with Crippen LogP contribution in [0.25, 0.3) is 0 Å².